The number of unbranched alkanes of at least 4 members (excludes halogenated alkanes) is 3. The standard InChI is InChI=1S/C13H21N2O2/c1-3-17-13(16)8-6-4-5-7-10-15-11-9-14-12(15)2/h11H,3-8,10H2,1-2H3. The first kappa shape index (κ1) is 13.7. The van der Waals surface area contributed by atoms with Crippen molar-refractivity contribution >= 4 is 5.97 Å². The topological polar surface area (TPSA) is 44.1 Å². The Balaban J connectivity index is 1.98. The first-order valence-electron chi connectivity index (χ1n) is 6.29. The summed E-state index contributed by atoms with van der Waals surface area (Å²) in [5.41, 5.74) is 0. The molecule has 17 heavy (non-hydrogen) atoms. The van der Waals surface area contributed by atoms with Crippen molar-refractivity contribution in [2.24, 2.45) is 0 Å². The number of ether oxygens (including phenoxy) is 1. The predicted molar refractivity (Wildman–Crippen MR) is 65.5 cm³/mol. The first-order chi connectivity index (χ1) is 8.24. The number of rotatable bonds is 8. The Hall–Kier alpha value is -1.32. The Morgan fingerprint density at radius 1 is 1.41 bits per heavy atom. The number of esters is 1. The zero-order valence-electron chi connectivity index (χ0n) is 10.7. The van der Waals surface area contributed by atoms with Gasteiger partial charge in [-0.3, -0.25) is 4.79 Å². The van der Waals surface area contributed by atoms with E-state index in [4.69, 9.17) is 4.74 Å². The van der Waals surface area contributed by atoms with Gasteiger partial charge in [-0.05, 0) is 26.7 Å². The maximum atomic E-state index is 11.1. The van der Waals surface area contributed by atoms with Gasteiger partial charge in [-0.15, -0.1) is 0 Å². The summed E-state index contributed by atoms with van der Waals surface area (Å²) >= 11 is 0. The molecule has 1 radical (unpaired) electrons. The second-order valence-electron chi connectivity index (χ2n) is 4.08. The quantitative estimate of drug-likeness (QED) is 0.515. The molecule has 0 aromatic carbocycles. The van der Waals surface area contributed by atoms with E-state index in [1.807, 2.05) is 20.0 Å². The van der Waals surface area contributed by atoms with Crippen molar-refractivity contribution in [3.8, 4) is 0 Å². The Morgan fingerprint density at radius 3 is 2.82 bits per heavy atom. The van der Waals surface area contributed by atoms with Gasteiger partial charge in [0.25, 0.3) is 0 Å². The van der Waals surface area contributed by atoms with E-state index >= 15 is 0 Å². The van der Waals surface area contributed by atoms with E-state index in [1.165, 1.54) is 0 Å². The van der Waals surface area contributed by atoms with Gasteiger partial charge in [0.1, 0.15) is 12.0 Å². The van der Waals surface area contributed by atoms with Gasteiger partial charge in [0.15, 0.2) is 0 Å². The Bertz CT molecular complexity index is 334. The molecule has 0 unspecified atom stereocenters. The average molecular weight is 237 g/mol. The number of nitrogens with zero attached hydrogens (tertiary/aromatic N) is 2. The van der Waals surface area contributed by atoms with Crippen LogP contribution in [-0.2, 0) is 16.1 Å². The minimum absolute atomic E-state index is 0.0763. The summed E-state index contributed by atoms with van der Waals surface area (Å²) in [4.78, 5) is 15.1. The van der Waals surface area contributed by atoms with Crippen LogP contribution in [0, 0.1) is 13.1 Å². The summed E-state index contributed by atoms with van der Waals surface area (Å²) in [6.07, 6.45) is 9.52. The lowest BCUT2D eigenvalue weighted by molar-refractivity contribution is -0.143. The zero-order valence-corrected chi connectivity index (χ0v) is 10.7. The third-order valence-corrected chi connectivity index (χ3v) is 2.69. The molecule has 0 N–H and O–H groups in total. The molecule has 1 heterocycles. The maximum absolute atomic E-state index is 11.1. The molecule has 0 aliphatic rings. The fourth-order valence-corrected chi connectivity index (χ4v) is 1.71. The highest BCUT2D eigenvalue weighted by atomic mass is 16.5. The molecule has 0 fully saturated rings. The van der Waals surface area contributed by atoms with Gasteiger partial charge in [0.05, 0.1) is 6.61 Å². The lowest BCUT2D eigenvalue weighted by Crippen LogP contribution is -2.03. The Morgan fingerprint density at radius 2 is 2.18 bits per heavy atom. The predicted octanol–water partition coefficient (Wildman–Crippen LogP) is 2.51. The summed E-state index contributed by atoms with van der Waals surface area (Å²) in [6, 6.07) is 0. The van der Waals surface area contributed by atoms with Gasteiger partial charge in [0, 0.05) is 19.2 Å². The van der Waals surface area contributed by atoms with Gasteiger partial charge in [-0.25, -0.2) is 4.98 Å². The minimum Gasteiger partial charge on any atom is -0.466 e. The molecular weight excluding hydrogens is 216 g/mol. The highest BCUT2D eigenvalue weighted by Gasteiger charge is 2.01. The highest BCUT2D eigenvalue weighted by molar-refractivity contribution is 5.69. The molecule has 0 saturated carbocycles. The number of carbonyl (C=O) groups excluding carboxylic acids is 1. The van der Waals surface area contributed by atoms with Crippen LogP contribution in [0.15, 0.2) is 6.20 Å². The molecular formula is C13H21N2O2. The van der Waals surface area contributed by atoms with Crippen molar-refractivity contribution < 1.29 is 9.53 Å². The summed E-state index contributed by atoms with van der Waals surface area (Å²) in [5, 5.41) is 0. The SMILES string of the molecule is CCOC(=O)CCCCCCn1c[c]nc1C. The molecule has 4 heteroatoms. The van der Waals surface area contributed by atoms with Crippen LogP contribution in [-0.4, -0.2) is 22.1 Å². The fourth-order valence-electron chi connectivity index (χ4n) is 1.71. The molecule has 1 rings (SSSR count). The second-order valence-corrected chi connectivity index (χ2v) is 4.08. The van der Waals surface area contributed by atoms with Gasteiger partial charge >= 0.3 is 5.97 Å². The second kappa shape index (κ2) is 7.87. The first-order valence-corrected chi connectivity index (χ1v) is 6.29. The van der Waals surface area contributed by atoms with E-state index in [0.717, 1.165) is 38.1 Å². The van der Waals surface area contributed by atoms with Gasteiger partial charge < -0.3 is 9.30 Å². The number of hydrogen-bond acceptors (Lipinski definition) is 3. The lowest BCUT2D eigenvalue weighted by atomic mass is 10.1. The van der Waals surface area contributed by atoms with E-state index in [1.54, 1.807) is 0 Å². The van der Waals surface area contributed by atoms with E-state index in [0.29, 0.717) is 13.0 Å². The fraction of sp³-hybridized carbons (Fsp3) is 0.692. The molecule has 0 saturated heterocycles. The van der Waals surface area contributed by atoms with E-state index in [-0.39, 0.29) is 5.97 Å². The Kier molecular flexibility index (Phi) is 6.37. The number of aryl methyl sites for hydroxylation is 2. The van der Waals surface area contributed by atoms with Crippen molar-refractivity contribution in [1.29, 1.82) is 0 Å². The Labute approximate surface area is 103 Å². The van der Waals surface area contributed by atoms with Crippen LogP contribution in [0.4, 0.5) is 0 Å². The van der Waals surface area contributed by atoms with Crippen molar-refractivity contribution in [2.75, 3.05) is 6.61 Å². The molecule has 1 aromatic heterocycles. The van der Waals surface area contributed by atoms with Crippen LogP contribution < -0.4 is 0 Å². The van der Waals surface area contributed by atoms with Crippen LogP contribution in [0.3, 0.4) is 0 Å². The van der Waals surface area contributed by atoms with Gasteiger partial charge in [0.2, 0.25) is 0 Å². The largest absolute Gasteiger partial charge is 0.466 e. The monoisotopic (exact) mass is 237 g/mol. The number of aromatic nitrogens is 2. The maximum Gasteiger partial charge on any atom is 0.305 e. The molecule has 0 aliphatic carbocycles. The molecule has 0 amide bonds. The summed E-state index contributed by atoms with van der Waals surface area (Å²) < 4.78 is 6.97. The van der Waals surface area contributed by atoms with E-state index < -0.39 is 0 Å². The highest BCUT2D eigenvalue weighted by Crippen LogP contribution is 2.06. The number of hydrogen-bond donors (Lipinski definition) is 0. The lowest BCUT2D eigenvalue weighted by Gasteiger charge is -2.04. The average Bonchev–Trinajstić information content (AvgIpc) is 2.70. The minimum atomic E-state index is -0.0763. The molecule has 0 aliphatic heterocycles. The summed E-state index contributed by atoms with van der Waals surface area (Å²) in [6.45, 7) is 5.29. The molecule has 1 aromatic rings. The molecule has 0 spiro atoms. The smallest absolute Gasteiger partial charge is 0.305 e. The number of carbonyl (C=O) groups is 1. The summed E-state index contributed by atoms with van der Waals surface area (Å²) in [7, 11) is 0. The van der Waals surface area contributed by atoms with Crippen LogP contribution in [0.2, 0.25) is 0 Å². The van der Waals surface area contributed by atoms with Crippen molar-refractivity contribution in [3.63, 3.8) is 0 Å². The van der Waals surface area contributed by atoms with Crippen molar-refractivity contribution in [1.82, 2.24) is 9.55 Å². The van der Waals surface area contributed by atoms with Crippen LogP contribution >= 0.6 is 0 Å². The van der Waals surface area contributed by atoms with Crippen molar-refractivity contribution in [2.45, 2.75) is 52.5 Å². The van der Waals surface area contributed by atoms with Crippen molar-refractivity contribution in [3.05, 3.63) is 18.2 Å². The molecule has 0 bridgehead atoms. The van der Waals surface area contributed by atoms with Gasteiger partial charge in [-0.1, -0.05) is 12.8 Å². The molecule has 95 valence electrons. The number of imidazole rings is 1. The molecule has 4 nitrogen and oxygen atoms in total. The zero-order chi connectivity index (χ0) is 12.5. The van der Waals surface area contributed by atoms with Crippen LogP contribution in [0.1, 0.15) is 44.9 Å². The molecule has 0 atom stereocenters. The normalized spacial score (nSPS) is 10.5. The van der Waals surface area contributed by atoms with E-state index in [9.17, 15) is 4.79 Å². The van der Waals surface area contributed by atoms with E-state index in [2.05, 4.69) is 15.7 Å². The third kappa shape index (κ3) is 5.52. The van der Waals surface area contributed by atoms with Crippen LogP contribution in [0.5, 0.6) is 0 Å². The third-order valence-electron chi connectivity index (χ3n) is 2.69. The van der Waals surface area contributed by atoms with Crippen LogP contribution in [0.25, 0.3) is 0 Å². The van der Waals surface area contributed by atoms with Gasteiger partial charge in [-0.2, -0.15) is 0 Å². The summed E-state index contributed by atoms with van der Waals surface area (Å²) in [5.74, 6) is 0.934.